The third-order valence-electron chi connectivity index (χ3n) is 4.98. The molecular weight excluding hydrogens is 382 g/mol. The highest BCUT2D eigenvalue weighted by atomic mass is 32.2. The molecule has 1 aromatic carbocycles. The van der Waals surface area contributed by atoms with E-state index < -0.39 is 22.2 Å². The lowest BCUT2D eigenvalue weighted by Crippen LogP contribution is -2.41. The third-order valence-corrected chi connectivity index (χ3v) is 6.01. The number of thioether (sulfide) groups is 1. The zero-order valence-electron chi connectivity index (χ0n) is 16.5. The summed E-state index contributed by atoms with van der Waals surface area (Å²) >= 11 is 1.47. The number of fused-ring (bicyclic) bond motifs is 1. The van der Waals surface area contributed by atoms with Crippen LogP contribution in [0, 0.1) is 16.0 Å². The lowest BCUT2D eigenvalue weighted by molar-refractivity contribution is -0.385. The molecule has 8 nitrogen and oxygen atoms in total. The van der Waals surface area contributed by atoms with Gasteiger partial charge in [0.2, 0.25) is 0 Å². The number of ether oxygens (including phenoxy) is 2. The van der Waals surface area contributed by atoms with E-state index in [1.165, 1.54) is 17.8 Å². The summed E-state index contributed by atoms with van der Waals surface area (Å²) in [5, 5.41) is 14.5. The average Bonchev–Trinajstić information content (AvgIpc) is 3.03. The van der Waals surface area contributed by atoms with Crippen molar-refractivity contribution in [3.63, 3.8) is 0 Å². The van der Waals surface area contributed by atoms with Crippen molar-refractivity contribution in [1.82, 2.24) is 5.32 Å². The Labute approximate surface area is 168 Å². The molecule has 1 heterocycles. The van der Waals surface area contributed by atoms with E-state index in [1.54, 1.807) is 40.0 Å². The zero-order chi connectivity index (χ0) is 20.5. The van der Waals surface area contributed by atoms with Crippen molar-refractivity contribution in [3.05, 3.63) is 33.9 Å². The van der Waals surface area contributed by atoms with Crippen molar-refractivity contribution in [2.45, 2.75) is 51.2 Å². The number of aliphatic imine (C=N–C) groups is 1. The van der Waals surface area contributed by atoms with Gasteiger partial charge in [0.1, 0.15) is 11.4 Å². The Hall–Kier alpha value is -2.29. The SMILES string of the molecule is COc1ccc([N+](=O)[O-])cc1[C@]12CCCC1CSC(NC(=O)OC(C)(C)C)=N2. The summed E-state index contributed by atoms with van der Waals surface area (Å²) in [6, 6.07) is 4.61. The highest BCUT2D eigenvalue weighted by Crippen LogP contribution is 2.53. The van der Waals surface area contributed by atoms with Crippen LogP contribution >= 0.6 is 11.8 Å². The number of rotatable bonds is 3. The van der Waals surface area contributed by atoms with Crippen molar-refractivity contribution in [2.75, 3.05) is 12.9 Å². The first-order valence-corrected chi connectivity index (χ1v) is 10.2. The average molecular weight is 407 g/mol. The molecule has 0 bridgehead atoms. The number of amides is 1. The van der Waals surface area contributed by atoms with Crippen molar-refractivity contribution in [2.24, 2.45) is 10.9 Å². The number of nitro groups is 1. The van der Waals surface area contributed by atoms with E-state index in [9.17, 15) is 14.9 Å². The Morgan fingerprint density at radius 3 is 2.82 bits per heavy atom. The van der Waals surface area contributed by atoms with Crippen LogP contribution < -0.4 is 10.1 Å². The molecule has 0 spiro atoms. The first-order valence-electron chi connectivity index (χ1n) is 9.20. The summed E-state index contributed by atoms with van der Waals surface area (Å²) in [6.07, 6.45) is 2.12. The first kappa shape index (κ1) is 20.4. The Morgan fingerprint density at radius 1 is 1.43 bits per heavy atom. The molecule has 1 aromatic rings. The quantitative estimate of drug-likeness (QED) is 0.594. The second-order valence-electron chi connectivity index (χ2n) is 8.01. The number of alkyl carbamates (subject to hydrolysis) is 1. The normalized spacial score (nSPS) is 24.1. The molecule has 2 atom stereocenters. The van der Waals surface area contributed by atoms with Gasteiger partial charge in [-0.25, -0.2) is 4.79 Å². The number of nitrogens with one attached hydrogen (secondary N) is 1. The number of carbonyl (C=O) groups excluding carboxylic acids is 1. The van der Waals surface area contributed by atoms with E-state index in [4.69, 9.17) is 14.5 Å². The standard InChI is InChI=1S/C19H25N3O5S/c1-18(2,3)27-17(23)20-16-21-19(9-5-6-12(19)11-28-16)14-10-13(22(24)25)7-8-15(14)26-4/h7-8,10,12H,5-6,9,11H2,1-4H3,(H,20,21,23)/t12?,19-/m0/s1. The van der Waals surface area contributed by atoms with Gasteiger partial charge in [-0.1, -0.05) is 18.2 Å². The number of non-ortho nitro benzene ring substituents is 1. The van der Waals surface area contributed by atoms with Gasteiger partial charge >= 0.3 is 6.09 Å². The van der Waals surface area contributed by atoms with Crippen LogP contribution in [0.5, 0.6) is 5.75 Å². The molecule has 0 radical (unpaired) electrons. The highest BCUT2D eigenvalue weighted by molar-refractivity contribution is 8.13. The van der Waals surface area contributed by atoms with Gasteiger partial charge in [-0.15, -0.1) is 0 Å². The predicted octanol–water partition coefficient (Wildman–Crippen LogP) is 4.23. The summed E-state index contributed by atoms with van der Waals surface area (Å²) in [5.74, 6) is 1.56. The third kappa shape index (κ3) is 4.09. The maximum atomic E-state index is 12.2. The van der Waals surface area contributed by atoms with Crippen LogP contribution in [0.2, 0.25) is 0 Å². The summed E-state index contributed by atoms with van der Waals surface area (Å²) < 4.78 is 10.8. The number of carbonyl (C=O) groups is 1. The summed E-state index contributed by atoms with van der Waals surface area (Å²) in [4.78, 5) is 28.0. The van der Waals surface area contributed by atoms with Gasteiger partial charge in [-0.3, -0.25) is 20.4 Å². The smallest absolute Gasteiger partial charge is 0.413 e. The monoisotopic (exact) mass is 407 g/mol. The Morgan fingerprint density at radius 2 is 2.18 bits per heavy atom. The number of amidine groups is 1. The van der Waals surface area contributed by atoms with Crippen molar-refractivity contribution >= 4 is 28.7 Å². The maximum Gasteiger partial charge on any atom is 0.413 e. The molecule has 1 fully saturated rings. The molecule has 1 saturated carbocycles. The molecule has 0 aromatic heterocycles. The summed E-state index contributed by atoms with van der Waals surface area (Å²) in [5.41, 5.74) is -0.547. The lowest BCUT2D eigenvalue weighted by atomic mass is 9.81. The number of hydrogen-bond acceptors (Lipinski definition) is 7. The van der Waals surface area contributed by atoms with Gasteiger partial charge in [-0.05, 0) is 45.6 Å². The summed E-state index contributed by atoms with van der Waals surface area (Å²) in [6.45, 7) is 5.39. The Balaban J connectivity index is 2.00. The van der Waals surface area contributed by atoms with E-state index in [0.717, 1.165) is 25.0 Å². The number of benzene rings is 1. The van der Waals surface area contributed by atoms with Gasteiger partial charge in [0.15, 0.2) is 5.17 Å². The van der Waals surface area contributed by atoms with E-state index in [0.29, 0.717) is 16.5 Å². The fourth-order valence-corrected chi connectivity index (χ4v) is 5.02. The second kappa shape index (κ2) is 7.62. The van der Waals surface area contributed by atoms with Crippen LogP contribution in [0.4, 0.5) is 10.5 Å². The molecule has 0 saturated heterocycles. The fourth-order valence-electron chi connectivity index (χ4n) is 3.84. The predicted molar refractivity (Wildman–Crippen MR) is 108 cm³/mol. The minimum Gasteiger partial charge on any atom is -0.496 e. The molecule has 3 rings (SSSR count). The molecule has 1 unspecified atom stereocenters. The van der Waals surface area contributed by atoms with E-state index in [-0.39, 0.29) is 11.6 Å². The van der Waals surface area contributed by atoms with Gasteiger partial charge in [0.05, 0.1) is 17.6 Å². The molecule has 9 heteroatoms. The number of nitrogens with zero attached hydrogens (tertiary/aromatic N) is 2. The minimum absolute atomic E-state index is 0.00547. The van der Waals surface area contributed by atoms with Gasteiger partial charge in [-0.2, -0.15) is 0 Å². The van der Waals surface area contributed by atoms with Crippen LogP contribution in [0.3, 0.4) is 0 Å². The highest BCUT2D eigenvalue weighted by Gasteiger charge is 2.49. The number of nitro benzene ring substituents is 1. The fraction of sp³-hybridized carbons (Fsp3) is 0.579. The molecule has 1 amide bonds. The first-order chi connectivity index (χ1) is 13.1. The topological polar surface area (TPSA) is 103 Å². The number of methoxy groups -OCH3 is 1. The summed E-state index contributed by atoms with van der Waals surface area (Å²) in [7, 11) is 1.55. The number of hydrogen-bond donors (Lipinski definition) is 1. The second-order valence-corrected chi connectivity index (χ2v) is 9.02. The Kier molecular flexibility index (Phi) is 5.56. The maximum absolute atomic E-state index is 12.2. The molecule has 28 heavy (non-hydrogen) atoms. The zero-order valence-corrected chi connectivity index (χ0v) is 17.3. The van der Waals surface area contributed by atoms with Gasteiger partial charge in [0, 0.05) is 23.4 Å². The van der Waals surface area contributed by atoms with Crippen LogP contribution in [-0.4, -0.2) is 34.6 Å². The largest absolute Gasteiger partial charge is 0.496 e. The van der Waals surface area contributed by atoms with Crippen LogP contribution in [0.1, 0.15) is 45.6 Å². The van der Waals surface area contributed by atoms with Crippen LogP contribution in [0.25, 0.3) is 0 Å². The van der Waals surface area contributed by atoms with Crippen molar-refractivity contribution in [1.29, 1.82) is 0 Å². The molecule has 2 aliphatic rings. The lowest BCUT2D eigenvalue weighted by Gasteiger charge is -2.37. The Bertz CT molecular complexity index is 820. The molecule has 1 aliphatic carbocycles. The molecule has 152 valence electrons. The molecule has 1 aliphatic heterocycles. The molecule has 1 N–H and O–H groups in total. The minimum atomic E-state index is -0.646. The van der Waals surface area contributed by atoms with Gasteiger partial charge < -0.3 is 9.47 Å². The van der Waals surface area contributed by atoms with E-state index in [2.05, 4.69) is 5.32 Å². The van der Waals surface area contributed by atoms with Crippen molar-refractivity contribution in [3.8, 4) is 5.75 Å². The molecular formula is C19H25N3O5S. The van der Waals surface area contributed by atoms with Crippen LogP contribution in [-0.2, 0) is 10.3 Å². The van der Waals surface area contributed by atoms with Crippen LogP contribution in [0.15, 0.2) is 23.2 Å². The van der Waals surface area contributed by atoms with E-state index in [1.807, 2.05) is 0 Å². The van der Waals surface area contributed by atoms with Crippen molar-refractivity contribution < 1.29 is 19.2 Å². The van der Waals surface area contributed by atoms with Gasteiger partial charge in [0.25, 0.3) is 5.69 Å². The van der Waals surface area contributed by atoms with E-state index >= 15 is 0 Å².